The van der Waals surface area contributed by atoms with Gasteiger partial charge < -0.3 is 4.74 Å². The highest BCUT2D eigenvalue weighted by Gasteiger charge is 2.40. The molecule has 6 rings (SSSR count). The molecule has 15 heteroatoms. The van der Waals surface area contributed by atoms with Crippen molar-refractivity contribution < 1.29 is 27.7 Å². The van der Waals surface area contributed by atoms with Gasteiger partial charge in [-0.2, -0.15) is 0 Å². The van der Waals surface area contributed by atoms with E-state index in [-0.39, 0.29) is 43.8 Å². The van der Waals surface area contributed by atoms with Gasteiger partial charge in [-0.3, -0.25) is 38.9 Å². The number of Topliss-reactive ketones (excluding diaryl/α,β-unsaturated/α-hetero) is 1. The van der Waals surface area contributed by atoms with Crippen molar-refractivity contribution in [1.82, 2.24) is 19.2 Å². The molecule has 1 aliphatic rings. The number of nitro benzene ring substituents is 1. The number of nitro groups is 1. The van der Waals surface area contributed by atoms with Crippen LogP contribution in [0.3, 0.4) is 0 Å². The Bertz CT molecular complexity index is 2290. The summed E-state index contributed by atoms with van der Waals surface area (Å²) in [4.78, 5) is 67.3. The van der Waals surface area contributed by atoms with Gasteiger partial charge in [0.1, 0.15) is 6.04 Å². The van der Waals surface area contributed by atoms with Crippen molar-refractivity contribution in [3.8, 4) is 0 Å². The monoisotopic (exact) mass is 737 g/mol. The molecule has 4 aromatic carbocycles. The smallest absolute Gasteiger partial charge is 0.328 e. The highest BCUT2D eigenvalue weighted by Crippen LogP contribution is 2.32. The molecule has 0 unspecified atom stereocenters. The second-order valence-electron chi connectivity index (χ2n) is 12.4. The van der Waals surface area contributed by atoms with Gasteiger partial charge in [0.2, 0.25) is 10.0 Å². The number of carbonyl (C=O) groups excluding carboxylic acids is 2. The van der Waals surface area contributed by atoms with Gasteiger partial charge in [0.05, 0.1) is 11.0 Å². The predicted octanol–water partition coefficient (Wildman–Crippen LogP) is 3.80. The zero-order valence-corrected chi connectivity index (χ0v) is 29.1. The van der Waals surface area contributed by atoms with Gasteiger partial charge in [0.25, 0.3) is 11.2 Å². The number of likely N-dealkylation sites (tertiary alicyclic amines) is 1. The first-order valence-electron chi connectivity index (χ1n) is 16.7. The molecule has 0 saturated carbocycles. The minimum atomic E-state index is -4.34. The highest BCUT2D eigenvalue weighted by molar-refractivity contribution is 7.89. The first-order valence-corrected chi connectivity index (χ1v) is 18.2. The number of carbonyl (C=O) groups is 2. The molecule has 5 aromatic rings. The second kappa shape index (κ2) is 16.1. The van der Waals surface area contributed by atoms with E-state index in [0.29, 0.717) is 5.56 Å². The van der Waals surface area contributed by atoms with E-state index in [1.807, 2.05) is 60.7 Å². The Hall–Kier alpha value is -6.03. The maximum atomic E-state index is 14.1. The van der Waals surface area contributed by atoms with E-state index in [2.05, 4.69) is 9.71 Å². The van der Waals surface area contributed by atoms with Crippen molar-refractivity contribution in [2.24, 2.45) is 0 Å². The Morgan fingerprint density at radius 2 is 1.47 bits per heavy atom. The normalized spacial score (nSPS) is 16.0. The van der Waals surface area contributed by atoms with Gasteiger partial charge in [0.15, 0.2) is 16.8 Å². The lowest BCUT2D eigenvalue weighted by Gasteiger charge is -2.26. The summed E-state index contributed by atoms with van der Waals surface area (Å²) in [7, 11) is -4.34. The third-order valence-corrected chi connectivity index (χ3v) is 10.5. The molecule has 1 aromatic heterocycles. The number of nitrogens with zero attached hydrogens (tertiary/aromatic N) is 3. The standard InChI is InChI=1S/C38H35N5O9S/c44-33(26-12-4-1-5-13-26)22-29-24-42(38(47)40-36(29)45)30-23-32(37(46)52-35(27-14-6-2-7-15-27)28-16-8-3-9-17-28)41(25-30)21-20-39-53(50,51)34-19-11-10-18-31(34)43(48)49/h1-19,24,30,32,35,39H,20-23,25H2,(H,40,45,47)/t30-,32-/m1/s1. The Morgan fingerprint density at radius 3 is 2.09 bits per heavy atom. The number of hydrogen-bond acceptors (Lipinski definition) is 10. The molecule has 1 saturated heterocycles. The quantitative estimate of drug-likeness (QED) is 0.0734. The van der Waals surface area contributed by atoms with Gasteiger partial charge >= 0.3 is 11.7 Å². The second-order valence-corrected chi connectivity index (χ2v) is 14.2. The highest BCUT2D eigenvalue weighted by atomic mass is 32.2. The van der Waals surface area contributed by atoms with E-state index in [1.54, 1.807) is 35.2 Å². The number of ketones is 1. The summed E-state index contributed by atoms with van der Waals surface area (Å²) in [6, 6.07) is 30.0. The number of para-hydroxylation sites is 1. The van der Waals surface area contributed by atoms with Crippen LogP contribution in [0.15, 0.2) is 136 Å². The molecular weight excluding hydrogens is 703 g/mol. The molecule has 0 amide bonds. The summed E-state index contributed by atoms with van der Waals surface area (Å²) in [6.07, 6.45) is 0.316. The van der Waals surface area contributed by atoms with Crippen molar-refractivity contribution >= 4 is 27.5 Å². The number of aromatic amines is 1. The SMILES string of the molecule is O=C(Cc1cn([C@@H]2C[C@H](C(=O)OC(c3ccccc3)c3ccccc3)N(CCNS(=O)(=O)c3ccccc3[N+](=O)[O-])C2)c(=O)[nH]c1=O)c1ccccc1. The molecule has 0 aliphatic carbocycles. The van der Waals surface area contributed by atoms with E-state index in [4.69, 9.17) is 4.74 Å². The summed E-state index contributed by atoms with van der Waals surface area (Å²) in [5, 5.41) is 11.5. The van der Waals surface area contributed by atoms with Crippen molar-refractivity contribution in [2.45, 2.75) is 35.9 Å². The maximum Gasteiger partial charge on any atom is 0.328 e. The van der Waals surface area contributed by atoms with Crippen LogP contribution >= 0.6 is 0 Å². The van der Waals surface area contributed by atoms with Gasteiger partial charge in [-0.05, 0) is 23.6 Å². The van der Waals surface area contributed by atoms with Gasteiger partial charge in [-0.15, -0.1) is 0 Å². The summed E-state index contributed by atoms with van der Waals surface area (Å²) < 4.78 is 36.2. The van der Waals surface area contributed by atoms with Crippen LogP contribution < -0.4 is 16.0 Å². The Morgan fingerprint density at radius 1 is 0.887 bits per heavy atom. The molecule has 2 heterocycles. The lowest BCUT2D eigenvalue weighted by Crippen LogP contribution is -2.42. The molecule has 0 radical (unpaired) electrons. The summed E-state index contributed by atoms with van der Waals surface area (Å²) in [5.74, 6) is -0.960. The lowest BCUT2D eigenvalue weighted by molar-refractivity contribution is -0.387. The Labute approximate surface area is 303 Å². The number of H-pyrrole nitrogens is 1. The number of sulfonamides is 1. The molecule has 53 heavy (non-hydrogen) atoms. The predicted molar refractivity (Wildman–Crippen MR) is 194 cm³/mol. The molecule has 0 bridgehead atoms. The average Bonchev–Trinajstić information content (AvgIpc) is 3.59. The fourth-order valence-electron chi connectivity index (χ4n) is 6.41. The number of ether oxygens (including phenoxy) is 1. The number of rotatable bonds is 14. The molecule has 1 aliphatic heterocycles. The third kappa shape index (κ3) is 8.55. The molecule has 1 fully saturated rings. The molecule has 272 valence electrons. The van der Waals surface area contributed by atoms with Crippen molar-refractivity contribution in [3.63, 3.8) is 0 Å². The van der Waals surface area contributed by atoms with E-state index >= 15 is 0 Å². The number of hydrogen-bond donors (Lipinski definition) is 2. The summed E-state index contributed by atoms with van der Waals surface area (Å²) in [6.45, 7) is -0.232. The topological polar surface area (TPSA) is 191 Å². The largest absolute Gasteiger partial charge is 0.451 e. The van der Waals surface area contributed by atoms with Crippen LogP contribution in [0.4, 0.5) is 5.69 Å². The zero-order chi connectivity index (χ0) is 37.5. The van der Waals surface area contributed by atoms with Crippen LogP contribution in [0.25, 0.3) is 0 Å². The van der Waals surface area contributed by atoms with E-state index < -0.39 is 60.9 Å². The number of nitrogens with one attached hydrogen (secondary N) is 2. The molecule has 14 nitrogen and oxygen atoms in total. The van der Waals surface area contributed by atoms with Crippen molar-refractivity contribution in [1.29, 1.82) is 0 Å². The van der Waals surface area contributed by atoms with Crippen molar-refractivity contribution in [3.05, 3.63) is 175 Å². The molecule has 0 spiro atoms. The third-order valence-electron chi connectivity index (χ3n) is 9.02. The van der Waals surface area contributed by atoms with Crippen molar-refractivity contribution in [2.75, 3.05) is 19.6 Å². The van der Waals surface area contributed by atoms with Crippen LogP contribution in [0.1, 0.15) is 45.6 Å². The van der Waals surface area contributed by atoms with E-state index in [9.17, 15) is 37.7 Å². The fourth-order valence-corrected chi connectivity index (χ4v) is 7.60. The Kier molecular flexibility index (Phi) is 11.2. The number of esters is 1. The van der Waals surface area contributed by atoms with Crippen LogP contribution in [0.2, 0.25) is 0 Å². The number of aromatic nitrogens is 2. The van der Waals surface area contributed by atoms with E-state index in [1.165, 1.54) is 22.9 Å². The molecule has 2 N–H and O–H groups in total. The van der Waals surface area contributed by atoms with Crippen LogP contribution in [-0.2, 0) is 26.0 Å². The van der Waals surface area contributed by atoms with Gasteiger partial charge in [0, 0.05) is 49.4 Å². The van der Waals surface area contributed by atoms with Crippen LogP contribution in [0.5, 0.6) is 0 Å². The first kappa shape index (κ1) is 36.8. The first-order chi connectivity index (χ1) is 25.5. The summed E-state index contributed by atoms with van der Waals surface area (Å²) >= 11 is 0. The maximum absolute atomic E-state index is 14.1. The summed E-state index contributed by atoms with van der Waals surface area (Å²) in [5.41, 5.74) is -0.150. The van der Waals surface area contributed by atoms with Gasteiger partial charge in [-0.25, -0.2) is 17.9 Å². The average molecular weight is 738 g/mol. The van der Waals surface area contributed by atoms with Gasteiger partial charge in [-0.1, -0.05) is 103 Å². The minimum absolute atomic E-state index is 0.0457. The molecular formula is C38H35N5O9S. The lowest BCUT2D eigenvalue weighted by atomic mass is 10.0. The molecule has 2 atom stereocenters. The fraction of sp³-hybridized carbons (Fsp3) is 0.211. The number of benzene rings is 4. The zero-order valence-electron chi connectivity index (χ0n) is 28.2. The van der Waals surface area contributed by atoms with E-state index in [0.717, 1.165) is 23.3 Å². The van der Waals surface area contributed by atoms with Crippen LogP contribution in [0, 0.1) is 10.1 Å². The van der Waals surface area contributed by atoms with Crippen LogP contribution in [-0.4, -0.2) is 65.2 Å². The Balaban J connectivity index is 1.28. The minimum Gasteiger partial charge on any atom is -0.451 e.